The number of carbonyl (C=O) groups is 1. The lowest BCUT2D eigenvalue weighted by molar-refractivity contribution is 0.0967. The maximum atomic E-state index is 12.8. The second-order valence-corrected chi connectivity index (χ2v) is 8.24. The molecule has 0 aliphatic rings. The molecule has 0 unspecified atom stereocenters. The summed E-state index contributed by atoms with van der Waals surface area (Å²) in [5.74, 6) is 0.199. The fraction of sp³-hybridized carbons (Fsp3) is 0.150. The van der Waals surface area contributed by atoms with E-state index in [0.29, 0.717) is 22.6 Å². The zero-order chi connectivity index (χ0) is 22.2. The van der Waals surface area contributed by atoms with Gasteiger partial charge in [0.2, 0.25) is 0 Å². The van der Waals surface area contributed by atoms with Crippen LogP contribution < -0.4 is 14.2 Å². The summed E-state index contributed by atoms with van der Waals surface area (Å²) in [6.45, 7) is 3.56. The van der Waals surface area contributed by atoms with Crippen LogP contribution in [0, 0.1) is 13.8 Å². The topological polar surface area (TPSA) is 123 Å². The van der Waals surface area contributed by atoms with Gasteiger partial charge < -0.3 is 18.6 Å². The number of anilines is 1. The van der Waals surface area contributed by atoms with Crippen LogP contribution in [0.3, 0.4) is 0 Å². The molecule has 0 saturated carbocycles. The summed E-state index contributed by atoms with van der Waals surface area (Å²) in [6.07, 6.45) is 0. The minimum absolute atomic E-state index is 0.0312. The number of aromatic hydroxyl groups is 1. The number of carbonyl (C=O) groups excluding carboxylic acids is 1. The Hall–Kier alpha value is -3.01. The van der Waals surface area contributed by atoms with Crippen LogP contribution in [0.15, 0.2) is 46.9 Å². The summed E-state index contributed by atoms with van der Waals surface area (Å²) in [7, 11) is -2.70. The number of halogens is 1. The highest BCUT2D eigenvalue weighted by molar-refractivity contribution is 7.84. The molecule has 30 heavy (non-hydrogen) atoms. The molecule has 8 nitrogen and oxygen atoms in total. The maximum Gasteiger partial charge on any atom is 0.380 e. The molecule has 0 atom stereocenters. The molecule has 0 radical (unpaired) electrons. The van der Waals surface area contributed by atoms with Gasteiger partial charge in [-0.2, -0.15) is 13.6 Å². The fourth-order valence-electron chi connectivity index (χ4n) is 2.88. The van der Waals surface area contributed by atoms with Crippen molar-refractivity contribution in [3.05, 3.63) is 64.4 Å². The molecule has 3 rings (SSSR count). The number of phenolic OH excluding ortho intramolecular Hbond substituents is 1. The first-order valence-electron chi connectivity index (χ1n) is 8.66. The molecule has 158 valence electrons. The van der Waals surface area contributed by atoms with Gasteiger partial charge in [-0.3, -0.25) is 4.79 Å². The van der Waals surface area contributed by atoms with Crippen molar-refractivity contribution in [2.24, 2.45) is 5.14 Å². The quantitative estimate of drug-likeness (QED) is 0.609. The molecule has 1 heterocycles. The van der Waals surface area contributed by atoms with Crippen LogP contribution in [-0.4, -0.2) is 26.5 Å². The van der Waals surface area contributed by atoms with Gasteiger partial charge in [-0.25, -0.2) is 0 Å². The van der Waals surface area contributed by atoms with Crippen molar-refractivity contribution < 1.29 is 26.9 Å². The van der Waals surface area contributed by atoms with Crippen molar-refractivity contribution in [3.63, 3.8) is 0 Å². The van der Waals surface area contributed by atoms with Gasteiger partial charge in [0.25, 0.3) is 5.91 Å². The predicted octanol–water partition coefficient (Wildman–Crippen LogP) is 3.78. The third-order valence-electron chi connectivity index (χ3n) is 4.41. The largest absolute Gasteiger partial charge is 0.507 e. The smallest absolute Gasteiger partial charge is 0.380 e. The SMILES string of the molecule is Cc1cc(-c2ccc(C(=O)N(C)c3ccc(OS(N)(=O)=O)c(Cl)c3)o2)cc(C)c1O. The molecular weight excluding hydrogens is 432 g/mol. The summed E-state index contributed by atoms with van der Waals surface area (Å²) < 4.78 is 32.4. The van der Waals surface area contributed by atoms with Crippen LogP contribution in [-0.2, 0) is 10.3 Å². The average Bonchev–Trinajstić information content (AvgIpc) is 3.15. The van der Waals surface area contributed by atoms with E-state index in [1.165, 1.54) is 30.1 Å². The lowest BCUT2D eigenvalue weighted by atomic mass is 10.0. The predicted molar refractivity (Wildman–Crippen MR) is 113 cm³/mol. The number of aryl methyl sites for hydroxylation is 2. The van der Waals surface area contributed by atoms with E-state index in [2.05, 4.69) is 4.18 Å². The molecule has 0 aliphatic heterocycles. The number of rotatable bonds is 5. The molecular formula is C20H19ClN2O6S. The number of amides is 1. The summed E-state index contributed by atoms with van der Waals surface area (Å²) in [6, 6.07) is 10.9. The number of benzene rings is 2. The Morgan fingerprint density at radius 1 is 1.13 bits per heavy atom. The Kier molecular flexibility index (Phi) is 5.80. The first-order chi connectivity index (χ1) is 14.0. The Balaban J connectivity index is 1.85. The van der Waals surface area contributed by atoms with Gasteiger partial charge in [0.05, 0.1) is 5.02 Å². The standard InChI is InChI=1S/C20H19ClN2O6S/c1-11-8-13(9-12(2)19(11)24)16-6-7-18(28-16)20(25)23(3)14-4-5-17(15(21)10-14)29-30(22,26)27/h4-10,24H,1-3H3,(H2,22,26,27). The van der Waals surface area contributed by atoms with E-state index in [1.54, 1.807) is 38.1 Å². The van der Waals surface area contributed by atoms with Crippen LogP contribution in [0.2, 0.25) is 5.02 Å². The van der Waals surface area contributed by atoms with Crippen molar-refractivity contribution in [3.8, 4) is 22.8 Å². The summed E-state index contributed by atoms with van der Waals surface area (Å²) in [5, 5.41) is 14.7. The number of hydrogen-bond acceptors (Lipinski definition) is 6. The van der Waals surface area contributed by atoms with E-state index in [9.17, 15) is 18.3 Å². The zero-order valence-electron chi connectivity index (χ0n) is 16.3. The number of nitrogens with zero attached hydrogens (tertiary/aromatic N) is 1. The first-order valence-corrected chi connectivity index (χ1v) is 10.5. The molecule has 0 aliphatic carbocycles. The normalized spacial score (nSPS) is 11.4. The Morgan fingerprint density at radius 2 is 1.77 bits per heavy atom. The van der Waals surface area contributed by atoms with Crippen molar-refractivity contribution in [2.45, 2.75) is 13.8 Å². The fourth-order valence-corrected chi connectivity index (χ4v) is 3.53. The summed E-state index contributed by atoms with van der Waals surface area (Å²) in [4.78, 5) is 14.1. The van der Waals surface area contributed by atoms with E-state index in [-0.39, 0.29) is 22.3 Å². The molecule has 0 fully saturated rings. The van der Waals surface area contributed by atoms with E-state index in [0.717, 1.165) is 5.56 Å². The molecule has 0 bridgehead atoms. The van der Waals surface area contributed by atoms with Crippen LogP contribution in [0.1, 0.15) is 21.7 Å². The summed E-state index contributed by atoms with van der Waals surface area (Å²) >= 11 is 6.03. The van der Waals surface area contributed by atoms with Gasteiger partial charge >= 0.3 is 10.3 Å². The average molecular weight is 451 g/mol. The third-order valence-corrected chi connectivity index (χ3v) is 5.11. The van der Waals surface area contributed by atoms with E-state index >= 15 is 0 Å². The number of furan rings is 1. The van der Waals surface area contributed by atoms with Crippen molar-refractivity contribution in [1.82, 2.24) is 0 Å². The van der Waals surface area contributed by atoms with Gasteiger partial charge in [0.1, 0.15) is 11.5 Å². The molecule has 0 saturated heterocycles. The van der Waals surface area contributed by atoms with E-state index in [4.69, 9.17) is 21.2 Å². The molecule has 0 spiro atoms. The van der Waals surface area contributed by atoms with Crippen molar-refractivity contribution in [1.29, 1.82) is 0 Å². The van der Waals surface area contributed by atoms with Gasteiger partial charge in [-0.15, -0.1) is 0 Å². The third kappa shape index (κ3) is 4.59. The van der Waals surface area contributed by atoms with Crippen LogP contribution in [0.5, 0.6) is 11.5 Å². The van der Waals surface area contributed by atoms with Crippen LogP contribution >= 0.6 is 11.6 Å². The Bertz CT molecular complexity index is 1210. The second-order valence-electron chi connectivity index (χ2n) is 6.68. The molecule has 3 aromatic rings. The van der Waals surface area contributed by atoms with Gasteiger partial charge in [-0.05, 0) is 67.4 Å². The minimum Gasteiger partial charge on any atom is -0.507 e. The van der Waals surface area contributed by atoms with Gasteiger partial charge in [0.15, 0.2) is 11.5 Å². The van der Waals surface area contributed by atoms with E-state index in [1.807, 2.05) is 0 Å². The zero-order valence-corrected chi connectivity index (χ0v) is 17.9. The second kappa shape index (κ2) is 8.02. The highest BCUT2D eigenvalue weighted by Gasteiger charge is 2.20. The number of hydrogen-bond donors (Lipinski definition) is 2. The van der Waals surface area contributed by atoms with Gasteiger partial charge in [0, 0.05) is 18.3 Å². The molecule has 3 N–H and O–H groups in total. The number of phenols is 1. The van der Waals surface area contributed by atoms with Crippen molar-refractivity contribution in [2.75, 3.05) is 11.9 Å². The highest BCUT2D eigenvalue weighted by Crippen LogP contribution is 2.32. The maximum absolute atomic E-state index is 12.8. The summed E-state index contributed by atoms with van der Waals surface area (Å²) in [5.41, 5.74) is 2.52. The van der Waals surface area contributed by atoms with E-state index < -0.39 is 16.2 Å². The lowest BCUT2D eigenvalue weighted by Gasteiger charge is -2.17. The van der Waals surface area contributed by atoms with Crippen LogP contribution in [0.4, 0.5) is 5.69 Å². The monoisotopic (exact) mass is 450 g/mol. The highest BCUT2D eigenvalue weighted by atomic mass is 35.5. The molecule has 2 aromatic carbocycles. The molecule has 1 amide bonds. The Labute approximate surface area is 178 Å². The van der Waals surface area contributed by atoms with Crippen molar-refractivity contribution >= 4 is 33.5 Å². The number of nitrogens with two attached hydrogens (primary N) is 1. The first kappa shape index (κ1) is 21.7. The Morgan fingerprint density at radius 3 is 2.33 bits per heavy atom. The lowest BCUT2D eigenvalue weighted by Crippen LogP contribution is -2.25. The minimum atomic E-state index is -4.22. The van der Waals surface area contributed by atoms with Crippen LogP contribution in [0.25, 0.3) is 11.3 Å². The van der Waals surface area contributed by atoms with Gasteiger partial charge in [-0.1, -0.05) is 11.6 Å². The molecule has 10 heteroatoms. The molecule has 1 aromatic heterocycles.